The van der Waals surface area contributed by atoms with Gasteiger partial charge in [-0.1, -0.05) is 40.8 Å². The Balaban J connectivity index is 1.64. The van der Waals surface area contributed by atoms with Crippen LogP contribution in [-0.4, -0.2) is 37.6 Å². The van der Waals surface area contributed by atoms with Crippen LogP contribution in [-0.2, 0) is 9.53 Å². The van der Waals surface area contributed by atoms with Crippen molar-refractivity contribution >= 4 is 19.4 Å². The number of carbonyl (C=O) groups excluding carboxylic acids is 1. The molecule has 3 aliphatic heterocycles. The Morgan fingerprint density at radius 2 is 1.93 bits per heavy atom. The molecule has 0 aliphatic carbocycles. The predicted octanol–water partition coefficient (Wildman–Crippen LogP) is 4.78. The first-order valence-electron chi connectivity index (χ1n) is 11.1. The molecule has 0 N–H and O–H groups in total. The van der Waals surface area contributed by atoms with E-state index in [1.165, 1.54) is 10.9 Å². The van der Waals surface area contributed by atoms with Crippen LogP contribution >= 0.6 is 0 Å². The fourth-order valence-corrected chi connectivity index (χ4v) is 7.76. The lowest BCUT2D eigenvalue weighted by atomic mass is 9.81. The van der Waals surface area contributed by atoms with Crippen molar-refractivity contribution in [2.45, 2.75) is 96.7 Å². The first-order valence-corrected chi connectivity index (χ1v) is 14.1. The van der Waals surface area contributed by atoms with Crippen molar-refractivity contribution in [2.75, 3.05) is 6.54 Å². The van der Waals surface area contributed by atoms with Gasteiger partial charge in [0.25, 0.3) is 0 Å². The smallest absolute Gasteiger partial charge is 0.222 e. The Hall–Kier alpha value is -1.07. The van der Waals surface area contributed by atoms with Gasteiger partial charge < -0.3 is 14.1 Å². The van der Waals surface area contributed by atoms with Gasteiger partial charge in [-0.3, -0.25) is 4.79 Å². The van der Waals surface area contributed by atoms with E-state index < -0.39 is 8.07 Å². The molecule has 1 aromatic heterocycles. The van der Waals surface area contributed by atoms with E-state index >= 15 is 0 Å². The van der Waals surface area contributed by atoms with Gasteiger partial charge in [-0.15, -0.1) is 0 Å². The van der Waals surface area contributed by atoms with Crippen LogP contribution in [0.5, 0.6) is 0 Å². The van der Waals surface area contributed by atoms with Crippen molar-refractivity contribution in [1.29, 1.82) is 0 Å². The number of fused-ring (bicyclic) bond motifs is 3. The standard InChI is InChI=1S/C23H37NO3Si/c1-14-13-18(27-22(14)28(6,7)23(3,4)5)21-15(2)20-16-10-11-19(25)24(16)12-8-9-17(20)26-21/h13,15-17,20-21H,8-12H2,1-7H3/t15-,16-,17+,20+,21-/m0/s1. The summed E-state index contributed by atoms with van der Waals surface area (Å²) in [6.45, 7) is 17.2. The zero-order valence-electron chi connectivity index (χ0n) is 18.7. The maximum atomic E-state index is 12.3. The molecule has 5 heteroatoms. The normalized spacial score (nSPS) is 33.8. The van der Waals surface area contributed by atoms with Crippen molar-refractivity contribution in [3.8, 4) is 0 Å². The number of hydrogen-bond donors (Lipinski definition) is 0. The Morgan fingerprint density at radius 1 is 1.21 bits per heavy atom. The fourth-order valence-electron chi connectivity index (χ4n) is 5.65. The highest BCUT2D eigenvalue weighted by atomic mass is 28.3. The molecule has 4 nitrogen and oxygen atoms in total. The highest BCUT2D eigenvalue weighted by molar-refractivity contribution is 6.91. The van der Waals surface area contributed by atoms with E-state index in [2.05, 4.69) is 58.7 Å². The van der Waals surface area contributed by atoms with Gasteiger partial charge in [-0.2, -0.15) is 0 Å². The third-order valence-electron chi connectivity index (χ3n) is 8.20. The zero-order valence-corrected chi connectivity index (χ0v) is 19.7. The van der Waals surface area contributed by atoms with Gasteiger partial charge in [-0.05, 0) is 48.8 Å². The molecule has 1 amide bonds. The minimum absolute atomic E-state index is 0.0165. The third-order valence-corrected chi connectivity index (χ3v) is 13.6. The fraction of sp³-hybridized carbons (Fsp3) is 0.783. The molecule has 4 heterocycles. The van der Waals surface area contributed by atoms with Gasteiger partial charge in [0, 0.05) is 24.9 Å². The average molecular weight is 404 g/mol. The largest absolute Gasteiger partial charge is 0.468 e. The molecule has 5 atom stereocenters. The van der Waals surface area contributed by atoms with Gasteiger partial charge in [0.15, 0.2) is 0 Å². The monoisotopic (exact) mass is 403 g/mol. The molecular formula is C23H37NO3Si. The summed E-state index contributed by atoms with van der Waals surface area (Å²) in [7, 11) is -1.73. The van der Waals surface area contributed by atoms with Crippen molar-refractivity contribution in [1.82, 2.24) is 4.90 Å². The number of rotatable bonds is 2. The highest BCUT2D eigenvalue weighted by Gasteiger charge is 2.52. The van der Waals surface area contributed by atoms with E-state index in [0.717, 1.165) is 31.6 Å². The van der Waals surface area contributed by atoms with Crippen LogP contribution in [0.1, 0.15) is 70.8 Å². The number of ether oxygens (including phenoxy) is 1. The molecule has 0 radical (unpaired) electrons. The van der Waals surface area contributed by atoms with Crippen molar-refractivity contribution in [3.05, 3.63) is 17.4 Å². The maximum Gasteiger partial charge on any atom is 0.222 e. The minimum Gasteiger partial charge on any atom is -0.468 e. The van der Waals surface area contributed by atoms with E-state index in [4.69, 9.17) is 9.15 Å². The first-order chi connectivity index (χ1) is 13.0. The Kier molecular flexibility index (Phi) is 4.86. The summed E-state index contributed by atoms with van der Waals surface area (Å²) in [5.41, 5.74) is 1.28. The van der Waals surface area contributed by atoms with Crippen LogP contribution in [0.2, 0.25) is 18.1 Å². The van der Waals surface area contributed by atoms with E-state index in [9.17, 15) is 4.79 Å². The second-order valence-electron chi connectivity index (χ2n) is 10.9. The van der Waals surface area contributed by atoms with Crippen LogP contribution in [0.3, 0.4) is 0 Å². The van der Waals surface area contributed by atoms with Gasteiger partial charge >= 0.3 is 0 Å². The molecule has 0 aromatic carbocycles. The molecule has 156 valence electrons. The van der Waals surface area contributed by atoms with Crippen LogP contribution in [0.15, 0.2) is 10.5 Å². The third kappa shape index (κ3) is 3.00. The molecule has 0 saturated carbocycles. The Bertz CT molecular complexity index is 762. The second kappa shape index (κ2) is 6.73. The topological polar surface area (TPSA) is 42.7 Å². The lowest BCUT2D eigenvalue weighted by Crippen LogP contribution is -2.49. The van der Waals surface area contributed by atoms with Crippen LogP contribution in [0.4, 0.5) is 0 Å². The molecule has 1 aromatic rings. The van der Waals surface area contributed by atoms with E-state index in [0.29, 0.717) is 30.2 Å². The summed E-state index contributed by atoms with van der Waals surface area (Å²) in [4.78, 5) is 14.5. The van der Waals surface area contributed by atoms with E-state index in [1.807, 2.05) is 0 Å². The van der Waals surface area contributed by atoms with Crippen molar-refractivity contribution < 1.29 is 13.9 Å². The molecular weight excluding hydrogens is 366 g/mol. The van der Waals surface area contributed by atoms with Gasteiger partial charge in [0.05, 0.1) is 11.5 Å². The molecule has 4 rings (SSSR count). The van der Waals surface area contributed by atoms with E-state index in [-0.39, 0.29) is 17.2 Å². The number of aryl methyl sites for hydroxylation is 1. The molecule has 3 fully saturated rings. The molecule has 3 saturated heterocycles. The SMILES string of the molecule is Cc1cc([C@H]2O[C@@H]3CCCN4C(=O)CC[C@H]4[C@H]3[C@@H]2C)oc1[Si](C)(C)C(C)(C)C. The second-order valence-corrected chi connectivity index (χ2v) is 16.1. The zero-order chi connectivity index (χ0) is 20.4. The average Bonchev–Trinajstić information content (AvgIpc) is 3.20. The number of nitrogens with zero attached hydrogens (tertiary/aromatic N) is 1. The highest BCUT2D eigenvalue weighted by Crippen LogP contribution is 2.50. The number of hydrogen-bond acceptors (Lipinski definition) is 3. The predicted molar refractivity (Wildman–Crippen MR) is 115 cm³/mol. The molecule has 3 aliphatic rings. The van der Waals surface area contributed by atoms with Crippen LogP contribution < -0.4 is 5.38 Å². The lowest BCUT2D eigenvalue weighted by molar-refractivity contribution is -0.129. The Morgan fingerprint density at radius 3 is 2.61 bits per heavy atom. The summed E-state index contributed by atoms with van der Waals surface area (Å²) < 4.78 is 13.2. The molecule has 0 unspecified atom stereocenters. The number of carbonyl (C=O) groups is 1. The first kappa shape index (κ1) is 20.2. The van der Waals surface area contributed by atoms with Gasteiger partial charge in [0.2, 0.25) is 5.91 Å². The van der Waals surface area contributed by atoms with Gasteiger partial charge in [0.1, 0.15) is 19.9 Å². The maximum absolute atomic E-state index is 12.3. The number of furan rings is 1. The summed E-state index contributed by atoms with van der Waals surface area (Å²) >= 11 is 0. The summed E-state index contributed by atoms with van der Waals surface area (Å²) in [6, 6.07) is 2.59. The van der Waals surface area contributed by atoms with Crippen molar-refractivity contribution in [2.24, 2.45) is 11.8 Å². The Labute approximate surface area is 171 Å². The van der Waals surface area contributed by atoms with Crippen LogP contribution in [0, 0.1) is 18.8 Å². The lowest BCUT2D eigenvalue weighted by Gasteiger charge is -2.35. The summed E-state index contributed by atoms with van der Waals surface area (Å²) in [5.74, 6) is 2.16. The molecule has 0 spiro atoms. The van der Waals surface area contributed by atoms with Gasteiger partial charge in [-0.25, -0.2) is 0 Å². The summed E-state index contributed by atoms with van der Waals surface area (Å²) in [6.07, 6.45) is 4.08. The van der Waals surface area contributed by atoms with Crippen LogP contribution in [0.25, 0.3) is 0 Å². The van der Waals surface area contributed by atoms with E-state index in [1.54, 1.807) is 0 Å². The quantitative estimate of drug-likeness (QED) is 0.667. The summed E-state index contributed by atoms with van der Waals surface area (Å²) in [5, 5.41) is 1.46. The minimum atomic E-state index is -1.73. The van der Waals surface area contributed by atoms with Crippen molar-refractivity contribution in [3.63, 3.8) is 0 Å². The molecule has 0 bridgehead atoms. The number of amides is 1. The molecule has 28 heavy (non-hydrogen) atoms.